The van der Waals surface area contributed by atoms with E-state index in [2.05, 4.69) is 10.2 Å². The van der Waals surface area contributed by atoms with E-state index in [4.69, 9.17) is 5.73 Å². The van der Waals surface area contributed by atoms with Crippen LogP contribution in [0.5, 0.6) is 0 Å². The highest BCUT2D eigenvalue weighted by Crippen LogP contribution is 2.29. The number of alkyl halides is 3. The molecule has 118 valence electrons. The molecule has 0 bridgehead atoms. The van der Waals surface area contributed by atoms with E-state index in [1.54, 1.807) is 0 Å². The fourth-order valence-electron chi connectivity index (χ4n) is 2.26. The predicted octanol–water partition coefficient (Wildman–Crippen LogP) is 1.01. The third-order valence-corrected chi connectivity index (χ3v) is 3.86. The second-order valence-electron chi connectivity index (χ2n) is 5.26. The highest BCUT2D eigenvalue weighted by Gasteiger charge is 2.40. The van der Waals surface area contributed by atoms with Crippen molar-refractivity contribution in [2.45, 2.75) is 45.6 Å². The molecule has 2 N–H and O–H groups in total. The van der Waals surface area contributed by atoms with Gasteiger partial charge >= 0.3 is 6.18 Å². The molecule has 2 rings (SSSR count). The van der Waals surface area contributed by atoms with E-state index in [1.807, 2.05) is 13.8 Å². The first-order valence-corrected chi connectivity index (χ1v) is 6.79. The van der Waals surface area contributed by atoms with E-state index in [9.17, 15) is 18.0 Å². The van der Waals surface area contributed by atoms with Gasteiger partial charge in [-0.3, -0.25) is 4.79 Å². The summed E-state index contributed by atoms with van der Waals surface area (Å²) in [6.07, 6.45) is -3.78. The Balaban J connectivity index is 2.14. The summed E-state index contributed by atoms with van der Waals surface area (Å²) in [5, 5.41) is 6.72. The summed E-state index contributed by atoms with van der Waals surface area (Å²) in [7, 11) is 0. The number of nitrogens with zero attached hydrogens (tertiary/aromatic N) is 4. The fourth-order valence-corrected chi connectivity index (χ4v) is 2.26. The molecule has 0 saturated heterocycles. The Kier molecular flexibility index (Phi) is 4.22. The van der Waals surface area contributed by atoms with E-state index in [1.165, 1.54) is 4.90 Å². The number of carbonyl (C=O) groups excluding carboxylic acids is 1. The monoisotopic (exact) mass is 305 g/mol. The first kappa shape index (κ1) is 15.7. The third kappa shape index (κ3) is 3.02. The minimum absolute atomic E-state index is 0.00600. The van der Waals surface area contributed by atoms with Crippen LogP contribution in [-0.4, -0.2) is 38.2 Å². The maximum absolute atomic E-state index is 12.7. The Bertz CT molecular complexity index is 527. The smallest absolute Gasteiger partial charge is 0.332 e. The van der Waals surface area contributed by atoms with Gasteiger partial charge in [0.1, 0.15) is 0 Å². The molecule has 0 radical (unpaired) electrons. The Morgan fingerprint density at radius 2 is 2.05 bits per heavy atom. The van der Waals surface area contributed by atoms with Gasteiger partial charge < -0.3 is 15.2 Å². The zero-order chi connectivity index (χ0) is 15.8. The average molecular weight is 305 g/mol. The van der Waals surface area contributed by atoms with Gasteiger partial charge in [0.25, 0.3) is 0 Å². The second kappa shape index (κ2) is 5.63. The number of aromatic nitrogens is 3. The van der Waals surface area contributed by atoms with Gasteiger partial charge in [-0.05, 0) is 5.92 Å². The van der Waals surface area contributed by atoms with Gasteiger partial charge in [0.05, 0.1) is 12.6 Å². The lowest BCUT2D eigenvalue weighted by atomic mass is 9.98. The first-order chi connectivity index (χ1) is 9.75. The molecule has 9 heteroatoms. The summed E-state index contributed by atoms with van der Waals surface area (Å²) >= 11 is 0. The van der Waals surface area contributed by atoms with Crippen LogP contribution < -0.4 is 5.73 Å². The lowest BCUT2D eigenvalue weighted by molar-refractivity contribution is -0.148. The maximum Gasteiger partial charge on any atom is 0.451 e. The average Bonchev–Trinajstić information content (AvgIpc) is 2.87. The van der Waals surface area contributed by atoms with Crippen molar-refractivity contribution in [3.8, 4) is 0 Å². The summed E-state index contributed by atoms with van der Waals surface area (Å²) in [6.45, 7) is 4.01. The van der Waals surface area contributed by atoms with Gasteiger partial charge in [-0.25, -0.2) is 0 Å². The van der Waals surface area contributed by atoms with Crippen LogP contribution in [0.2, 0.25) is 0 Å². The van der Waals surface area contributed by atoms with Gasteiger partial charge in [0.2, 0.25) is 11.7 Å². The largest absolute Gasteiger partial charge is 0.451 e. The standard InChI is InChI=1S/C12H18F3N5O/c1-3-7(2)9(16)10(21)19-4-5-20-8(6-19)17-18-11(20)12(13,14)15/h7,9H,3-6,16H2,1-2H3/t7?,9-/m0/s1. The van der Waals surface area contributed by atoms with Crippen LogP contribution in [0.1, 0.15) is 31.9 Å². The van der Waals surface area contributed by atoms with Gasteiger partial charge in [0.15, 0.2) is 5.82 Å². The molecule has 0 spiro atoms. The molecule has 1 aliphatic heterocycles. The number of nitrogens with two attached hydrogens (primary N) is 1. The van der Waals surface area contributed by atoms with Crippen molar-refractivity contribution < 1.29 is 18.0 Å². The molecular weight excluding hydrogens is 287 g/mol. The number of hydrogen-bond acceptors (Lipinski definition) is 4. The number of rotatable bonds is 3. The van der Waals surface area contributed by atoms with Crippen LogP contribution in [0.3, 0.4) is 0 Å². The molecular formula is C12H18F3N5O. The molecule has 0 aliphatic carbocycles. The zero-order valence-electron chi connectivity index (χ0n) is 11.9. The van der Waals surface area contributed by atoms with Crippen LogP contribution in [0.4, 0.5) is 13.2 Å². The lowest BCUT2D eigenvalue weighted by Crippen LogP contribution is -2.49. The van der Waals surface area contributed by atoms with Crippen molar-refractivity contribution in [1.29, 1.82) is 0 Å². The summed E-state index contributed by atoms with van der Waals surface area (Å²) in [5.74, 6) is -1.12. The Hall–Kier alpha value is -1.64. The molecule has 1 unspecified atom stereocenters. The van der Waals surface area contributed by atoms with E-state index in [-0.39, 0.29) is 37.3 Å². The Morgan fingerprint density at radius 1 is 1.38 bits per heavy atom. The lowest BCUT2D eigenvalue weighted by Gasteiger charge is -2.31. The molecule has 0 aromatic carbocycles. The van der Waals surface area contributed by atoms with Gasteiger partial charge in [-0.1, -0.05) is 20.3 Å². The molecule has 21 heavy (non-hydrogen) atoms. The topological polar surface area (TPSA) is 77.0 Å². The second-order valence-corrected chi connectivity index (χ2v) is 5.26. The quantitative estimate of drug-likeness (QED) is 0.904. The molecule has 1 aliphatic rings. The van der Waals surface area contributed by atoms with Crippen molar-refractivity contribution in [3.63, 3.8) is 0 Å². The highest BCUT2D eigenvalue weighted by molar-refractivity contribution is 5.82. The summed E-state index contributed by atoms with van der Waals surface area (Å²) in [4.78, 5) is 13.7. The first-order valence-electron chi connectivity index (χ1n) is 6.79. The summed E-state index contributed by atoms with van der Waals surface area (Å²) < 4.78 is 39.2. The Labute approximate surface area is 120 Å². The fraction of sp³-hybridized carbons (Fsp3) is 0.750. The van der Waals surface area contributed by atoms with Gasteiger partial charge in [0, 0.05) is 13.1 Å². The molecule has 0 fully saturated rings. The van der Waals surface area contributed by atoms with E-state index in [0.29, 0.717) is 0 Å². The number of carbonyl (C=O) groups is 1. The van der Waals surface area contributed by atoms with Gasteiger partial charge in [-0.2, -0.15) is 13.2 Å². The molecule has 1 aromatic rings. The third-order valence-electron chi connectivity index (χ3n) is 3.86. The number of halogens is 3. The van der Waals surface area contributed by atoms with E-state index in [0.717, 1.165) is 11.0 Å². The minimum Gasteiger partial charge on any atom is -0.332 e. The molecule has 1 amide bonds. The number of hydrogen-bond donors (Lipinski definition) is 1. The van der Waals surface area contributed by atoms with E-state index < -0.39 is 18.0 Å². The Morgan fingerprint density at radius 3 is 2.62 bits per heavy atom. The van der Waals surface area contributed by atoms with Crippen molar-refractivity contribution >= 4 is 5.91 Å². The van der Waals surface area contributed by atoms with Crippen molar-refractivity contribution in [2.75, 3.05) is 6.54 Å². The normalized spacial score (nSPS) is 18.3. The molecule has 1 aromatic heterocycles. The van der Waals surface area contributed by atoms with Crippen LogP contribution >= 0.6 is 0 Å². The van der Waals surface area contributed by atoms with Crippen LogP contribution in [0.25, 0.3) is 0 Å². The van der Waals surface area contributed by atoms with E-state index >= 15 is 0 Å². The predicted molar refractivity (Wildman–Crippen MR) is 67.9 cm³/mol. The highest BCUT2D eigenvalue weighted by atomic mass is 19.4. The van der Waals surface area contributed by atoms with Crippen molar-refractivity contribution in [1.82, 2.24) is 19.7 Å². The zero-order valence-corrected chi connectivity index (χ0v) is 11.9. The van der Waals surface area contributed by atoms with Crippen LogP contribution in [0, 0.1) is 5.92 Å². The maximum atomic E-state index is 12.7. The SMILES string of the molecule is CCC(C)[C@H](N)C(=O)N1CCn2c(nnc2C(F)(F)F)C1. The molecule has 0 saturated carbocycles. The van der Waals surface area contributed by atoms with Crippen LogP contribution in [0.15, 0.2) is 0 Å². The molecule has 2 heterocycles. The van der Waals surface area contributed by atoms with Gasteiger partial charge in [-0.15, -0.1) is 10.2 Å². The summed E-state index contributed by atoms with van der Waals surface area (Å²) in [5.41, 5.74) is 5.88. The minimum atomic E-state index is -4.54. The number of amides is 1. The summed E-state index contributed by atoms with van der Waals surface area (Å²) in [6, 6.07) is -0.647. The van der Waals surface area contributed by atoms with Crippen LogP contribution in [-0.2, 0) is 24.1 Å². The van der Waals surface area contributed by atoms with Crippen molar-refractivity contribution in [3.05, 3.63) is 11.6 Å². The van der Waals surface area contributed by atoms with Crippen molar-refractivity contribution in [2.24, 2.45) is 11.7 Å². The molecule has 6 nitrogen and oxygen atoms in total. The number of fused-ring (bicyclic) bond motifs is 1. The molecule has 2 atom stereocenters.